The lowest BCUT2D eigenvalue weighted by Gasteiger charge is -1.92. The first-order chi connectivity index (χ1) is 12.2. The molecule has 126 valence electrons. The van der Waals surface area contributed by atoms with Gasteiger partial charge in [-0.05, 0) is 12.1 Å². The van der Waals surface area contributed by atoms with Gasteiger partial charge in [-0.2, -0.15) is 8.78 Å². The van der Waals surface area contributed by atoms with E-state index in [-0.39, 0.29) is 5.89 Å². The Morgan fingerprint density at radius 3 is 2.52 bits per heavy atom. The summed E-state index contributed by atoms with van der Waals surface area (Å²) < 4.78 is 30.0. The Hall–Kier alpha value is -2.52. The molecule has 0 fully saturated rings. The first-order valence-electron chi connectivity index (χ1n) is 7.27. The molecule has 3 heterocycles. The topological polar surface area (TPSA) is 64.7 Å². The van der Waals surface area contributed by atoms with Crippen molar-refractivity contribution < 1.29 is 13.2 Å². The van der Waals surface area contributed by atoms with Gasteiger partial charge < -0.3 is 4.42 Å². The van der Waals surface area contributed by atoms with E-state index in [1.54, 1.807) is 6.07 Å². The summed E-state index contributed by atoms with van der Waals surface area (Å²) >= 11 is 2.94. The van der Waals surface area contributed by atoms with Crippen molar-refractivity contribution >= 4 is 22.7 Å². The molecule has 0 saturated carbocycles. The van der Waals surface area contributed by atoms with Crippen LogP contribution in [0.5, 0.6) is 0 Å². The summed E-state index contributed by atoms with van der Waals surface area (Å²) in [5.74, 6) is -0.560. The number of hydrogen-bond acceptors (Lipinski definition) is 7. The molecule has 0 aliphatic carbocycles. The van der Waals surface area contributed by atoms with E-state index in [0.29, 0.717) is 11.3 Å². The Kier molecular flexibility index (Phi) is 4.33. The van der Waals surface area contributed by atoms with Crippen molar-refractivity contribution in [3.8, 4) is 21.3 Å². The molecule has 0 saturated heterocycles. The number of benzene rings is 1. The monoisotopic (exact) mass is 376 g/mol. The minimum absolute atomic E-state index is 0.105. The van der Waals surface area contributed by atoms with E-state index in [0.717, 1.165) is 20.5 Å². The van der Waals surface area contributed by atoms with Gasteiger partial charge in [-0.25, -0.2) is 0 Å². The van der Waals surface area contributed by atoms with Gasteiger partial charge in [-0.3, -0.25) is 0 Å². The fourth-order valence-electron chi connectivity index (χ4n) is 2.18. The lowest BCUT2D eigenvalue weighted by Crippen LogP contribution is -1.82. The van der Waals surface area contributed by atoms with Crippen LogP contribution < -0.4 is 0 Å². The standard InChI is InChI=1S/C16H10F2N4OS2/c17-13(18)15-21-20-14(23-15)11-7-6-10(24-11)8-12-19-22-16(25-12)9-4-2-1-3-5-9/h1-7,13H,8H2. The second-order valence-corrected chi connectivity index (χ2v) is 7.29. The Morgan fingerprint density at radius 2 is 1.76 bits per heavy atom. The highest BCUT2D eigenvalue weighted by Crippen LogP contribution is 2.31. The van der Waals surface area contributed by atoms with E-state index < -0.39 is 12.3 Å². The minimum Gasteiger partial charge on any atom is -0.414 e. The zero-order chi connectivity index (χ0) is 17.2. The van der Waals surface area contributed by atoms with Crippen molar-refractivity contribution in [2.75, 3.05) is 0 Å². The fraction of sp³-hybridized carbons (Fsp3) is 0.125. The molecule has 9 heteroatoms. The number of halogens is 2. The molecule has 0 radical (unpaired) electrons. The Balaban J connectivity index is 1.50. The summed E-state index contributed by atoms with van der Waals surface area (Å²) in [7, 11) is 0. The first kappa shape index (κ1) is 16.0. The lowest BCUT2D eigenvalue weighted by molar-refractivity contribution is 0.116. The summed E-state index contributed by atoms with van der Waals surface area (Å²) in [6.45, 7) is 0. The molecule has 25 heavy (non-hydrogen) atoms. The van der Waals surface area contributed by atoms with E-state index in [4.69, 9.17) is 4.42 Å². The smallest absolute Gasteiger partial charge is 0.314 e. The molecule has 0 unspecified atom stereocenters. The second-order valence-electron chi connectivity index (χ2n) is 5.06. The summed E-state index contributed by atoms with van der Waals surface area (Å²) in [4.78, 5) is 1.67. The summed E-state index contributed by atoms with van der Waals surface area (Å²) in [6, 6.07) is 13.5. The van der Waals surface area contributed by atoms with Crippen LogP contribution in [0.2, 0.25) is 0 Å². The van der Waals surface area contributed by atoms with Gasteiger partial charge in [0.05, 0.1) is 4.88 Å². The van der Waals surface area contributed by atoms with Gasteiger partial charge in [-0.1, -0.05) is 41.7 Å². The number of alkyl halides is 2. The third-order valence-corrected chi connectivity index (χ3v) is 5.36. The molecule has 4 aromatic rings. The molecule has 0 atom stereocenters. The normalized spacial score (nSPS) is 11.3. The highest BCUT2D eigenvalue weighted by Gasteiger charge is 2.18. The quantitative estimate of drug-likeness (QED) is 0.498. The van der Waals surface area contributed by atoms with Crippen molar-refractivity contribution in [2.45, 2.75) is 12.8 Å². The summed E-state index contributed by atoms with van der Waals surface area (Å²) in [5.41, 5.74) is 1.03. The molecule has 5 nitrogen and oxygen atoms in total. The Labute approximate surface area is 149 Å². The fourth-order valence-corrected chi connectivity index (χ4v) is 4.07. The third kappa shape index (κ3) is 3.47. The molecule has 1 aromatic carbocycles. The SMILES string of the molecule is FC(F)c1nnc(-c2ccc(Cc3nnc(-c4ccccc4)s3)s2)o1. The third-order valence-electron chi connectivity index (χ3n) is 3.31. The molecule has 0 N–H and O–H groups in total. The van der Waals surface area contributed by atoms with Gasteiger partial charge in [0.25, 0.3) is 11.8 Å². The number of hydrogen-bond donors (Lipinski definition) is 0. The number of thiophene rings is 1. The van der Waals surface area contributed by atoms with E-state index in [2.05, 4.69) is 20.4 Å². The van der Waals surface area contributed by atoms with Gasteiger partial charge in [0.1, 0.15) is 10.0 Å². The van der Waals surface area contributed by atoms with Crippen LogP contribution in [0.4, 0.5) is 8.78 Å². The van der Waals surface area contributed by atoms with E-state index >= 15 is 0 Å². The predicted octanol–water partition coefficient (Wildman–Crippen LogP) is 4.85. The van der Waals surface area contributed by atoms with Gasteiger partial charge in [0.2, 0.25) is 0 Å². The molecule has 0 bridgehead atoms. The van der Waals surface area contributed by atoms with Crippen LogP contribution in [-0.2, 0) is 6.42 Å². The molecule has 0 amide bonds. The molecular weight excluding hydrogens is 366 g/mol. The first-order valence-corrected chi connectivity index (χ1v) is 8.91. The van der Waals surface area contributed by atoms with Crippen molar-refractivity contribution in [3.63, 3.8) is 0 Å². The number of aromatic nitrogens is 4. The van der Waals surface area contributed by atoms with E-state index in [9.17, 15) is 8.78 Å². The Bertz CT molecular complexity index is 981. The maximum absolute atomic E-state index is 12.5. The zero-order valence-corrected chi connectivity index (χ0v) is 14.2. The lowest BCUT2D eigenvalue weighted by atomic mass is 10.2. The van der Waals surface area contributed by atoms with Crippen LogP contribution >= 0.6 is 22.7 Å². The minimum atomic E-state index is -2.77. The van der Waals surface area contributed by atoms with Crippen molar-refractivity contribution in [1.82, 2.24) is 20.4 Å². The second kappa shape index (κ2) is 6.77. The van der Waals surface area contributed by atoms with Crippen LogP contribution in [0.1, 0.15) is 22.2 Å². The average molecular weight is 376 g/mol. The van der Waals surface area contributed by atoms with Crippen LogP contribution in [0, 0.1) is 0 Å². The van der Waals surface area contributed by atoms with Crippen LogP contribution in [0.25, 0.3) is 21.3 Å². The van der Waals surface area contributed by atoms with Crippen molar-refractivity contribution in [1.29, 1.82) is 0 Å². The largest absolute Gasteiger partial charge is 0.414 e. The van der Waals surface area contributed by atoms with Crippen LogP contribution in [-0.4, -0.2) is 20.4 Å². The van der Waals surface area contributed by atoms with Gasteiger partial charge in [0, 0.05) is 16.9 Å². The van der Waals surface area contributed by atoms with Gasteiger partial charge in [0.15, 0.2) is 0 Å². The summed E-state index contributed by atoms with van der Waals surface area (Å²) in [6.07, 6.45) is -2.15. The molecule has 0 spiro atoms. The van der Waals surface area contributed by atoms with Gasteiger partial charge in [-0.15, -0.1) is 31.7 Å². The van der Waals surface area contributed by atoms with E-state index in [1.165, 1.54) is 22.7 Å². The average Bonchev–Trinajstić information content (AvgIpc) is 3.36. The van der Waals surface area contributed by atoms with Crippen molar-refractivity contribution in [2.24, 2.45) is 0 Å². The van der Waals surface area contributed by atoms with Crippen LogP contribution in [0.3, 0.4) is 0 Å². The van der Waals surface area contributed by atoms with E-state index in [1.807, 2.05) is 36.4 Å². The molecule has 0 aliphatic heterocycles. The Morgan fingerprint density at radius 1 is 0.920 bits per heavy atom. The maximum atomic E-state index is 12.5. The van der Waals surface area contributed by atoms with Crippen LogP contribution in [0.15, 0.2) is 46.9 Å². The highest BCUT2D eigenvalue weighted by atomic mass is 32.1. The zero-order valence-electron chi connectivity index (χ0n) is 12.6. The highest BCUT2D eigenvalue weighted by molar-refractivity contribution is 7.16. The number of nitrogens with zero attached hydrogens (tertiary/aromatic N) is 4. The predicted molar refractivity (Wildman–Crippen MR) is 90.7 cm³/mol. The molecular formula is C16H10F2N4OS2. The van der Waals surface area contributed by atoms with Gasteiger partial charge >= 0.3 is 6.43 Å². The number of rotatable bonds is 5. The van der Waals surface area contributed by atoms with Crippen molar-refractivity contribution in [3.05, 3.63) is 58.2 Å². The molecule has 4 rings (SSSR count). The molecule has 3 aromatic heterocycles. The molecule has 0 aliphatic rings. The summed E-state index contributed by atoms with van der Waals surface area (Å²) in [5, 5.41) is 17.2. The maximum Gasteiger partial charge on any atom is 0.314 e.